The first kappa shape index (κ1) is 48.8. The molecule has 1 saturated heterocycles. The van der Waals surface area contributed by atoms with Gasteiger partial charge in [0.1, 0.15) is 12.8 Å². The van der Waals surface area contributed by atoms with Gasteiger partial charge in [-0.25, -0.2) is 0 Å². The third kappa shape index (κ3) is 28.4. The van der Waals surface area contributed by atoms with Gasteiger partial charge in [-0.2, -0.15) is 0 Å². The number of carbonyl (C=O) groups is 2. The van der Waals surface area contributed by atoms with Crippen molar-refractivity contribution in [1.29, 1.82) is 0 Å². The van der Waals surface area contributed by atoms with Crippen molar-refractivity contribution in [3.8, 4) is 0 Å². The number of hydrogen-bond acceptors (Lipinski definition) is 6. The monoisotopic (exact) mass is 725 g/mol. The van der Waals surface area contributed by atoms with Crippen molar-refractivity contribution < 1.29 is 19.4 Å². The second-order valence-corrected chi connectivity index (χ2v) is 14.5. The fraction of sp³-hybridized carbons (Fsp3) is 0.860. The Morgan fingerprint density at radius 1 is 0.560 bits per heavy atom. The first-order valence-electron chi connectivity index (χ1n) is 21.2. The van der Waals surface area contributed by atoms with Crippen LogP contribution in [0.4, 0.5) is 0 Å². The number of Topliss-reactive ketones (excluding diaryl/α,β-unsaturated/α-hetero) is 1. The van der Waals surface area contributed by atoms with Crippen LogP contribution in [0.1, 0.15) is 194 Å². The van der Waals surface area contributed by atoms with Crippen LogP contribution in [0.5, 0.6) is 0 Å². The van der Waals surface area contributed by atoms with E-state index in [1.165, 1.54) is 141 Å². The predicted octanol–water partition coefficient (Wildman–Crippen LogP) is 11.5. The van der Waals surface area contributed by atoms with Crippen LogP contribution in [-0.4, -0.2) is 72.2 Å². The Labute approximate surface area is 316 Å². The van der Waals surface area contributed by atoms with Crippen LogP contribution in [0.3, 0.4) is 0 Å². The number of rotatable bonds is 36. The van der Waals surface area contributed by atoms with Crippen LogP contribution in [0.15, 0.2) is 24.3 Å². The van der Waals surface area contributed by atoms with Gasteiger partial charge in [-0.3, -0.25) is 19.4 Å². The molecule has 1 unspecified atom stereocenters. The van der Waals surface area contributed by atoms with Gasteiger partial charge in [-0.15, -0.1) is 12.4 Å². The number of unbranched alkanes of at least 4 members (excludes halogenated alkanes) is 22. The van der Waals surface area contributed by atoms with Crippen LogP contribution in [0.2, 0.25) is 0 Å². The smallest absolute Gasteiger partial charge is 0.305 e. The minimum absolute atomic E-state index is 0. The number of halogens is 1. The van der Waals surface area contributed by atoms with E-state index < -0.39 is 0 Å². The number of β-amino-alcohol motifs (C(OH)–C–C–N with tert-alkyl or cyclic N) is 1. The van der Waals surface area contributed by atoms with E-state index in [1.807, 2.05) is 0 Å². The molecule has 0 spiro atoms. The molecular formula is C43H81ClN2O4. The van der Waals surface area contributed by atoms with Crippen molar-refractivity contribution in [2.75, 3.05) is 39.4 Å². The molecule has 0 bridgehead atoms. The zero-order valence-corrected chi connectivity index (χ0v) is 33.7. The van der Waals surface area contributed by atoms with E-state index in [2.05, 4.69) is 48.0 Å². The fourth-order valence-corrected chi connectivity index (χ4v) is 6.92. The van der Waals surface area contributed by atoms with Crippen LogP contribution < -0.4 is 0 Å². The lowest BCUT2D eigenvalue weighted by Crippen LogP contribution is -2.47. The van der Waals surface area contributed by atoms with E-state index in [1.54, 1.807) is 0 Å². The third-order valence-corrected chi connectivity index (χ3v) is 10.0. The summed E-state index contributed by atoms with van der Waals surface area (Å²) in [6.45, 7) is 7.54. The molecule has 50 heavy (non-hydrogen) atoms. The molecule has 1 N–H and O–H groups in total. The van der Waals surface area contributed by atoms with Gasteiger partial charge < -0.3 is 9.84 Å². The molecule has 1 atom stereocenters. The number of ether oxygens (including phenoxy) is 1. The predicted molar refractivity (Wildman–Crippen MR) is 216 cm³/mol. The molecule has 1 fully saturated rings. The second kappa shape index (κ2) is 37.5. The Bertz CT molecular complexity index is 821. The summed E-state index contributed by atoms with van der Waals surface area (Å²) >= 11 is 0. The fourth-order valence-electron chi connectivity index (χ4n) is 6.92. The first-order chi connectivity index (χ1) is 24.1. The normalized spacial score (nSPS) is 15.4. The molecule has 0 amide bonds. The number of esters is 1. The molecule has 6 nitrogen and oxygen atoms in total. The van der Waals surface area contributed by atoms with Gasteiger partial charge in [0.05, 0.1) is 6.61 Å². The summed E-state index contributed by atoms with van der Waals surface area (Å²) in [6, 6.07) is 0. The summed E-state index contributed by atoms with van der Waals surface area (Å²) in [4.78, 5) is 29.8. The number of allylic oxidation sites excluding steroid dienone is 4. The van der Waals surface area contributed by atoms with Crippen molar-refractivity contribution >= 4 is 24.2 Å². The summed E-state index contributed by atoms with van der Waals surface area (Å²) in [5.41, 5.74) is 0. The Kier molecular flexibility index (Phi) is 36.6. The van der Waals surface area contributed by atoms with E-state index in [0.717, 1.165) is 38.8 Å². The highest BCUT2D eigenvalue weighted by molar-refractivity contribution is 5.85. The SMILES string of the molecule is CCCCCCCCC=CCCCCCCCC(=O)OCCN1CCN(CCO)C1C(=O)CCCCCCCC=CCCCCCCCC.Cl. The van der Waals surface area contributed by atoms with Crippen LogP contribution in [-0.2, 0) is 14.3 Å². The number of aliphatic hydroxyl groups is 1. The van der Waals surface area contributed by atoms with Crippen LogP contribution in [0, 0.1) is 0 Å². The maximum atomic E-state index is 13.3. The van der Waals surface area contributed by atoms with Crippen LogP contribution >= 0.6 is 12.4 Å². The van der Waals surface area contributed by atoms with Crippen molar-refractivity contribution in [3.05, 3.63) is 24.3 Å². The van der Waals surface area contributed by atoms with Crippen molar-refractivity contribution in [3.63, 3.8) is 0 Å². The van der Waals surface area contributed by atoms with E-state index in [0.29, 0.717) is 32.5 Å². The van der Waals surface area contributed by atoms with Gasteiger partial charge in [0, 0.05) is 39.0 Å². The molecule has 1 rings (SSSR count). The Hall–Kier alpha value is -1.21. The summed E-state index contributed by atoms with van der Waals surface area (Å²) in [6.07, 6.45) is 42.6. The Morgan fingerprint density at radius 3 is 1.38 bits per heavy atom. The van der Waals surface area contributed by atoms with E-state index in [-0.39, 0.29) is 36.9 Å². The third-order valence-electron chi connectivity index (χ3n) is 10.0. The minimum Gasteiger partial charge on any atom is -0.464 e. The zero-order valence-electron chi connectivity index (χ0n) is 32.9. The van der Waals surface area contributed by atoms with Crippen molar-refractivity contribution in [2.24, 2.45) is 0 Å². The zero-order chi connectivity index (χ0) is 35.5. The van der Waals surface area contributed by atoms with Gasteiger partial charge in [-0.1, -0.05) is 141 Å². The number of hydrogen-bond donors (Lipinski definition) is 1. The lowest BCUT2D eigenvalue weighted by molar-refractivity contribution is -0.144. The largest absolute Gasteiger partial charge is 0.464 e. The lowest BCUT2D eigenvalue weighted by atomic mass is 10.1. The van der Waals surface area contributed by atoms with Gasteiger partial charge in [0.25, 0.3) is 0 Å². The number of ketones is 1. The minimum atomic E-state index is -0.298. The summed E-state index contributed by atoms with van der Waals surface area (Å²) in [7, 11) is 0. The van der Waals surface area contributed by atoms with Gasteiger partial charge in [-0.05, 0) is 64.2 Å². The average Bonchev–Trinajstić information content (AvgIpc) is 3.50. The summed E-state index contributed by atoms with van der Waals surface area (Å²) in [5, 5.41) is 9.56. The highest BCUT2D eigenvalue weighted by Crippen LogP contribution is 2.19. The van der Waals surface area contributed by atoms with Crippen molar-refractivity contribution in [2.45, 2.75) is 200 Å². The molecule has 0 aromatic carbocycles. The molecule has 1 aliphatic heterocycles. The maximum absolute atomic E-state index is 13.3. The standard InChI is InChI=1S/C43H80N2O4.ClH/c1-3-5-7-9-11-13-15-17-19-21-23-25-27-29-31-33-41(47)43-44(37-39-46)35-36-45(43)38-40-49-42(48)34-32-30-28-26-24-22-20-18-16-14-12-10-8-6-4-2;/h17-20,43,46H,3-16,21-40H2,1-2H3;1H. The highest BCUT2D eigenvalue weighted by Gasteiger charge is 2.36. The summed E-state index contributed by atoms with van der Waals surface area (Å²) in [5.74, 6) is 0.114. The van der Waals surface area contributed by atoms with Gasteiger partial charge in [0.15, 0.2) is 5.78 Å². The molecule has 294 valence electrons. The summed E-state index contributed by atoms with van der Waals surface area (Å²) < 4.78 is 5.56. The maximum Gasteiger partial charge on any atom is 0.305 e. The van der Waals surface area contributed by atoms with Gasteiger partial charge in [0.2, 0.25) is 0 Å². The molecule has 0 aliphatic carbocycles. The van der Waals surface area contributed by atoms with E-state index in [4.69, 9.17) is 4.74 Å². The highest BCUT2D eigenvalue weighted by atomic mass is 35.5. The number of aliphatic hydroxyl groups excluding tert-OH is 1. The quantitative estimate of drug-likeness (QED) is 0.0394. The first-order valence-corrected chi connectivity index (χ1v) is 21.2. The molecule has 0 radical (unpaired) electrons. The van der Waals surface area contributed by atoms with Crippen LogP contribution in [0.25, 0.3) is 0 Å². The molecule has 0 aromatic rings. The van der Waals surface area contributed by atoms with E-state index >= 15 is 0 Å². The topological polar surface area (TPSA) is 70.1 Å². The Balaban J connectivity index is 0.0000240. The lowest BCUT2D eigenvalue weighted by Gasteiger charge is -2.28. The molecule has 0 saturated carbocycles. The number of carbonyl (C=O) groups excluding carboxylic acids is 2. The van der Waals surface area contributed by atoms with Gasteiger partial charge >= 0.3 is 5.97 Å². The molecule has 1 heterocycles. The molecule has 1 aliphatic rings. The van der Waals surface area contributed by atoms with E-state index in [9.17, 15) is 14.7 Å². The number of nitrogens with zero attached hydrogens (tertiary/aromatic N) is 2. The molecular weight excluding hydrogens is 644 g/mol. The molecule has 7 heteroatoms. The second-order valence-electron chi connectivity index (χ2n) is 14.5. The average molecular weight is 726 g/mol. The molecule has 0 aromatic heterocycles. The Morgan fingerprint density at radius 2 is 0.940 bits per heavy atom. The van der Waals surface area contributed by atoms with Crippen molar-refractivity contribution in [1.82, 2.24) is 9.80 Å².